The maximum atomic E-state index is 13.6. The van der Waals surface area contributed by atoms with E-state index in [0.717, 1.165) is 0 Å². The van der Waals surface area contributed by atoms with Crippen LogP contribution in [0.15, 0.2) is 0 Å². The number of hydroxylamine groups is 2. The van der Waals surface area contributed by atoms with Crippen molar-refractivity contribution < 1.29 is 18.5 Å². The van der Waals surface area contributed by atoms with E-state index in [2.05, 4.69) is 0 Å². The van der Waals surface area contributed by atoms with Gasteiger partial charge in [-0.05, 0) is 60.8 Å². The summed E-state index contributed by atoms with van der Waals surface area (Å²) in [6.07, 6.45) is 0. The lowest BCUT2D eigenvalue weighted by atomic mass is 9.94. The Hall–Kier alpha value is 0.0700. The van der Waals surface area contributed by atoms with E-state index < -0.39 is 19.0 Å². The fourth-order valence-corrected chi connectivity index (χ4v) is 5.02. The standard InChI is InChI=1S/C17H38NO4P/c1-12-20-23(19,21-13-2)14(15(3,4)5)18(16(6,7)8)22-17(9,10)11/h14H,12-13H2,1-11H3. The second-order valence-corrected chi connectivity index (χ2v) is 10.9. The first-order valence-electron chi connectivity index (χ1n) is 8.45. The highest BCUT2D eigenvalue weighted by molar-refractivity contribution is 7.54. The second kappa shape index (κ2) is 7.97. The Morgan fingerprint density at radius 1 is 0.870 bits per heavy atom. The number of nitrogens with zero attached hydrogens (tertiary/aromatic N) is 1. The molecule has 0 heterocycles. The van der Waals surface area contributed by atoms with E-state index in [0.29, 0.717) is 13.2 Å². The van der Waals surface area contributed by atoms with Crippen molar-refractivity contribution >= 4 is 7.60 Å². The van der Waals surface area contributed by atoms with Gasteiger partial charge in [0.15, 0.2) is 0 Å². The van der Waals surface area contributed by atoms with E-state index in [4.69, 9.17) is 13.9 Å². The molecule has 5 nitrogen and oxygen atoms in total. The third kappa shape index (κ3) is 7.23. The van der Waals surface area contributed by atoms with Gasteiger partial charge in [-0.3, -0.25) is 9.40 Å². The van der Waals surface area contributed by atoms with Crippen molar-refractivity contribution in [3.63, 3.8) is 0 Å². The molecule has 0 spiro atoms. The van der Waals surface area contributed by atoms with Gasteiger partial charge in [0.1, 0.15) is 5.78 Å². The topological polar surface area (TPSA) is 48.0 Å². The lowest BCUT2D eigenvalue weighted by Crippen LogP contribution is -2.55. The molecule has 0 saturated heterocycles. The van der Waals surface area contributed by atoms with Crippen LogP contribution >= 0.6 is 7.60 Å². The molecule has 0 N–H and O–H groups in total. The van der Waals surface area contributed by atoms with Crippen molar-refractivity contribution in [2.24, 2.45) is 5.41 Å². The van der Waals surface area contributed by atoms with Crippen LogP contribution in [-0.2, 0) is 18.5 Å². The van der Waals surface area contributed by atoms with Crippen molar-refractivity contribution in [3.8, 4) is 0 Å². The zero-order chi connectivity index (χ0) is 18.7. The van der Waals surface area contributed by atoms with Crippen LogP contribution in [0.5, 0.6) is 0 Å². The molecule has 0 aliphatic carbocycles. The molecule has 0 radical (unpaired) electrons. The molecule has 0 aliphatic rings. The fraction of sp³-hybridized carbons (Fsp3) is 1.00. The van der Waals surface area contributed by atoms with Crippen molar-refractivity contribution in [1.82, 2.24) is 5.06 Å². The van der Waals surface area contributed by atoms with E-state index in [1.165, 1.54) is 0 Å². The lowest BCUT2D eigenvalue weighted by Gasteiger charge is -2.49. The molecule has 0 bridgehead atoms. The zero-order valence-electron chi connectivity index (χ0n) is 17.0. The minimum Gasteiger partial charge on any atom is -0.308 e. The minimum absolute atomic E-state index is 0.331. The Morgan fingerprint density at radius 2 is 1.26 bits per heavy atom. The van der Waals surface area contributed by atoms with E-state index in [1.807, 2.05) is 81.2 Å². The number of hydrogen-bond acceptors (Lipinski definition) is 5. The lowest BCUT2D eigenvalue weighted by molar-refractivity contribution is -0.289. The van der Waals surface area contributed by atoms with Crippen molar-refractivity contribution in [2.45, 2.75) is 93.1 Å². The number of rotatable bonds is 7. The summed E-state index contributed by atoms with van der Waals surface area (Å²) in [7, 11) is -3.39. The maximum absolute atomic E-state index is 13.6. The van der Waals surface area contributed by atoms with Crippen LogP contribution in [-0.4, -0.2) is 35.2 Å². The van der Waals surface area contributed by atoms with Crippen LogP contribution in [0.25, 0.3) is 0 Å². The Balaban J connectivity index is 6.14. The third-order valence-electron chi connectivity index (χ3n) is 2.95. The monoisotopic (exact) mass is 351 g/mol. The molecule has 0 aromatic rings. The molecule has 1 atom stereocenters. The fourth-order valence-electron chi connectivity index (χ4n) is 2.34. The molecule has 0 aliphatic heterocycles. The van der Waals surface area contributed by atoms with Crippen LogP contribution in [0.2, 0.25) is 0 Å². The molecule has 6 heteroatoms. The maximum Gasteiger partial charge on any atom is 0.350 e. The first-order valence-corrected chi connectivity index (χ1v) is 10.1. The van der Waals surface area contributed by atoms with E-state index in [-0.39, 0.29) is 11.0 Å². The molecule has 0 saturated carbocycles. The molecule has 0 fully saturated rings. The average Bonchev–Trinajstić information content (AvgIpc) is 2.23. The van der Waals surface area contributed by atoms with E-state index >= 15 is 0 Å². The number of hydrogen-bond donors (Lipinski definition) is 0. The van der Waals surface area contributed by atoms with Crippen LogP contribution in [0.4, 0.5) is 0 Å². The molecular formula is C17H38NO4P. The third-order valence-corrected chi connectivity index (χ3v) is 5.77. The predicted octanol–water partition coefficient (Wildman–Crippen LogP) is 5.46. The normalized spacial score (nSPS) is 16.0. The molecular weight excluding hydrogens is 313 g/mol. The van der Waals surface area contributed by atoms with Crippen molar-refractivity contribution in [3.05, 3.63) is 0 Å². The largest absolute Gasteiger partial charge is 0.350 e. The van der Waals surface area contributed by atoms with Crippen LogP contribution < -0.4 is 0 Å². The summed E-state index contributed by atoms with van der Waals surface area (Å²) in [6.45, 7) is 22.5. The van der Waals surface area contributed by atoms with Gasteiger partial charge < -0.3 is 9.05 Å². The highest BCUT2D eigenvalue weighted by Crippen LogP contribution is 2.61. The average molecular weight is 351 g/mol. The van der Waals surface area contributed by atoms with Gasteiger partial charge in [0.2, 0.25) is 0 Å². The molecule has 0 aromatic heterocycles. The summed E-state index contributed by atoms with van der Waals surface area (Å²) in [5, 5.41) is 1.82. The van der Waals surface area contributed by atoms with Gasteiger partial charge in [-0.25, -0.2) is 0 Å². The predicted molar refractivity (Wildman–Crippen MR) is 96.5 cm³/mol. The summed E-state index contributed by atoms with van der Waals surface area (Å²) in [6, 6.07) is 0. The SMILES string of the molecule is CCOP(=O)(OCC)C(N(OC(C)(C)C)C(C)(C)C)C(C)(C)C. The zero-order valence-corrected chi connectivity index (χ0v) is 17.9. The van der Waals surface area contributed by atoms with Gasteiger partial charge in [0, 0.05) is 5.54 Å². The Labute approximate surface area is 143 Å². The quantitative estimate of drug-likeness (QED) is 0.450. The van der Waals surface area contributed by atoms with Crippen LogP contribution in [0.1, 0.15) is 76.2 Å². The van der Waals surface area contributed by atoms with Crippen LogP contribution in [0.3, 0.4) is 0 Å². The van der Waals surface area contributed by atoms with Gasteiger partial charge in [-0.2, -0.15) is 5.06 Å². The van der Waals surface area contributed by atoms with Crippen molar-refractivity contribution in [1.29, 1.82) is 0 Å². The molecule has 0 rings (SSSR count). The summed E-state index contributed by atoms with van der Waals surface area (Å²) >= 11 is 0. The van der Waals surface area contributed by atoms with E-state index in [9.17, 15) is 4.57 Å². The van der Waals surface area contributed by atoms with Gasteiger partial charge >= 0.3 is 7.60 Å². The molecule has 140 valence electrons. The Bertz CT molecular complexity index is 394. The Morgan fingerprint density at radius 3 is 1.48 bits per heavy atom. The van der Waals surface area contributed by atoms with Gasteiger partial charge in [-0.15, -0.1) is 0 Å². The van der Waals surface area contributed by atoms with Gasteiger partial charge in [0.05, 0.1) is 18.8 Å². The summed E-state index contributed by atoms with van der Waals surface area (Å²) < 4.78 is 24.9. The highest BCUT2D eigenvalue weighted by atomic mass is 31.2. The molecule has 1 unspecified atom stereocenters. The van der Waals surface area contributed by atoms with Crippen LogP contribution in [0, 0.1) is 5.41 Å². The first kappa shape index (κ1) is 23.1. The smallest absolute Gasteiger partial charge is 0.308 e. The summed E-state index contributed by atoms with van der Waals surface area (Å²) in [4.78, 5) is 6.23. The molecule has 0 amide bonds. The van der Waals surface area contributed by atoms with Gasteiger partial charge in [-0.1, -0.05) is 20.8 Å². The van der Waals surface area contributed by atoms with Gasteiger partial charge in [0.25, 0.3) is 0 Å². The summed E-state index contributed by atoms with van der Waals surface area (Å²) in [5.41, 5.74) is -1.15. The summed E-state index contributed by atoms with van der Waals surface area (Å²) in [5.74, 6) is -0.519. The Kier molecular flexibility index (Phi) is 7.99. The molecule has 0 aromatic carbocycles. The minimum atomic E-state index is -3.39. The second-order valence-electron chi connectivity index (χ2n) is 8.82. The van der Waals surface area contributed by atoms with Crippen molar-refractivity contribution in [2.75, 3.05) is 13.2 Å². The van der Waals surface area contributed by atoms with E-state index in [1.54, 1.807) is 0 Å². The molecule has 23 heavy (non-hydrogen) atoms. The highest BCUT2D eigenvalue weighted by Gasteiger charge is 2.52. The first-order chi connectivity index (χ1) is 10.1.